The van der Waals surface area contributed by atoms with Crippen LogP contribution in [0.15, 0.2) is 65.6 Å². The summed E-state index contributed by atoms with van der Waals surface area (Å²) in [6, 6.07) is 16.8. The fourth-order valence-electron chi connectivity index (χ4n) is 2.72. The minimum atomic E-state index is -3.93. The Hall–Kier alpha value is -3.10. The van der Waals surface area contributed by atoms with Crippen molar-refractivity contribution in [2.45, 2.75) is 18.2 Å². The molecule has 0 radical (unpaired) electrons. The highest BCUT2D eigenvalue weighted by molar-refractivity contribution is 7.89. The van der Waals surface area contributed by atoms with Crippen molar-refractivity contribution in [2.24, 2.45) is 0 Å². The molecular weight excluding hydrogens is 392 g/mol. The van der Waals surface area contributed by atoms with E-state index in [0.717, 1.165) is 17.2 Å². The number of hydrogen-bond donors (Lipinski definition) is 2. The van der Waals surface area contributed by atoms with Crippen molar-refractivity contribution in [1.29, 1.82) is 0 Å². The highest BCUT2D eigenvalue weighted by Gasteiger charge is 2.17. The highest BCUT2D eigenvalue weighted by atomic mass is 32.2. The maximum Gasteiger partial charge on any atom is 0.266 e. The molecule has 0 aliphatic carbocycles. The zero-order valence-electron chi connectivity index (χ0n) is 16.1. The Bertz CT molecular complexity index is 1130. The second kappa shape index (κ2) is 8.93. The summed E-state index contributed by atoms with van der Waals surface area (Å²) >= 11 is 0. The largest absolute Gasteiger partial charge is 0.493 e. The van der Waals surface area contributed by atoms with E-state index < -0.39 is 15.9 Å². The topological polar surface area (TPSA) is 93.7 Å². The predicted octanol–water partition coefficient (Wildman–Crippen LogP) is 3.26. The molecular formula is C21H22N2O5S. The van der Waals surface area contributed by atoms with Gasteiger partial charge in [0.2, 0.25) is 0 Å². The van der Waals surface area contributed by atoms with E-state index in [9.17, 15) is 13.2 Å². The highest BCUT2D eigenvalue weighted by Crippen LogP contribution is 2.28. The lowest BCUT2D eigenvalue weighted by Gasteiger charge is -2.12. The molecule has 3 rings (SSSR count). The number of rotatable bonds is 8. The van der Waals surface area contributed by atoms with Crippen LogP contribution in [0, 0.1) is 0 Å². The molecule has 8 heteroatoms. The number of methoxy groups -OCH3 is 1. The minimum Gasteiger partial charge on any atom is -0.493 e. The third-order valence-corrected chi connectivity index (χ3v) is 5.46. The molecule has 152 valence electrons. The molecule has 7 nitrogen and oxygen atoms in total. The molecule has 0 aromatic heterocycles. The van der Waals surface area contributed by atoms with Crippen LogP contribution in [0.1, 0.15) is 23.7 Å². The molecule has 0 aliphatic rings. The van der Waals surface area contributed by atoms with E-state index >= 15 is 0 Å². The summed E-state index contributed by atoms with van der Waals surface area (Å²) in [5.41, 5.74) is 2.46. The van der Waals surface area contributed by atoms with Gasteiger partial charge in [0.15, 0.2) is 11.5 Å². The minimum absolute atomic E-state index is 0.0531. The number of hydrazine groups is 1. The van der Waals surface area contributed by atoms with Crippen LogP contribution < -0.4 is 19.7 Å². The van der Waals surface area contributed by atoms with Crippen molar-refractivity contribution in [1.82, 2.24) is 10.3 Å². The van der Waals surface area contributed by atoms with Gasteiger partial charge in [0, 0.05) is 5.56 Å². The Morgan fingerprint density at radius 3 is 2.45 bits per heavy atom. The average molecular weight is 414 g/mol. The van der Waals surface area contributed by atoms with Crippen molar-refractivity contribution < 1.29 is 22.7 Å². The first-order valence-corrected chi connectivity index (χ1v) is 10.5. The third kappa shape index (κ3) is 4.85. The van der Waals surface area contributed by atoms with E-state index in [0.29, 0.717) is 18.1 Å². The first-order chi connectivity index (χ1) is 13.9. The molecule has 0 spiro atoms. The van der Waals surface area contributed by atoms with Crippen molar-refractivity contribution in [2.75, 3.05) is 13.7 Å². The SMILES string of the molecule is CCCOc1ccc(C(=O)NNS(=O)(=O)c2ccc3ccccc3c2)cc1OC. The molecule has 0 atom stereocenters. The summed E-state index contributed by atoms with van der Waals surface area (Å²) in [6.07, 6.45) is 0.835. The van der Waals surface area contributed by atoms with Gasteiger partial charge >= 0.3 is 0 Å². The monoisotopic (exact) mass is 414 g/mol. The van der Waals surface area contributed by atoms with Gasteiger partial charge in [0.05, 0.1) is 18.6 Å². The number of nitrogens with one attached hydrogen (secondary N) is 2. The van der Waals surface area contributed by atoms with Gasteiger partial charge in [-0.15, -0.1) is 4.83 Å². The zero-order chi connectivity index (χ0) is 20.9. The molecule has 0 heterocycles. The summed E-state index contributed by atoms with van der Waals surface area (Å²) < 4.78 is 35.9. The number of sulfonamides is 1. The summed E-state index contributed by atoms with van der Waals surface area (Å²) in [4.78, 5) is 14.6. The molecule has 0 bridgehead atoms. The Balaban J connectivity index is 1.73. The number of carbonyl (C=O) groups excluding carboxylic acids is 1. The second-order valence-corrected chi connectivity index (χ2v) is 7.97. The van der Waals surface area contributed by atoms with Gasteiger partial charge in [-0.2, -0.15) is 0 Å². The van der Waals surface area contributed by atoms with Crippen LogP contribution >= 0.6 is 0 Å². The lowest BCUT2D eigenvalue weighted by Crippen LogP contribution is -2.41. The molecule has 3 aromatic carbocycles. The molecule has 0 saturated carbocycles. The Morgan fingerprint density at radius 1 is 0.966 bits per heavy atom. The lowest BCUT2D eigenvalue weighted by molar-refractivity contribution is 0.0944. The molecule has 29 heavy (non-hydrogen) atoms. The fourth-order valence-corrected chi connectivity index (χ4v) is 3.59. The van der Waals surface area contributed by atoms with E-state index in [-0.39, 0.29) is 10.5 Å². The quantitative estimate of drug-likeness (QED) is 0.552. The standard InChI is InChI=1S/C21H22N2O5S/c1-3-12-28-19-11-9-17(14-20(19)27-2)21(24)22-23-29(25,26)18-10-8-15-6-4-5-7-16(15)13-18/h4-11,13-14,23H,3,12H2,1-2H3,(H,22,24). The number of hydrogen-bond acceptors (Lipinski definition) is 5. The van der Waals surface area contributed by atoms with Crippen LogP contribution in [-0.4, -0.2) is 28.0 Å². The van der Waals surface area contributed by atoms with Gasteiger partial charge in [-0.3, -0.25) is 10.2 Å². The van der Waals surface area contributed by atoms with Gasteiger partial charge in [-0.05, 0) is 47.5 Å². The van der Waals surface area contributed by atoms with Crippen LogP contribution in [-0.2, 0) is 10.0 Å². The average Bonchev–Trinajstić information content (AvgIpc) is 2.75. The maximum atomic E-state index is 12.5. The summed E-state index contributed by atoms with van der Waals surface area (Å²) in [5, 5.41) is 1.71. The molecule has 0 unspecified atom stereocenters. The van der Waals surface area contributed by atoms with Gasteiger partial charge in [-0.25, -0.2) is 8.42 Å². The van der Waals surface area contributed by atoms with E-state index in [2.05, 4.69) is 10.3 Å². The van der Waals surface area contributed by atoms with Crippen molar-refractivity contribution >= 4 is 26.7 Å². The number of benzene rings is 3. The van der Waals surface area contributed by atoms with Gasteiger partial charge in [0.25, 0.3) is 15.9 Å². The second-order valence-electron chi connectivity index (χ2n) is 6.28. The number of fused-ring (bicyclic) bond motifs is 1. The molecule has 2 N–H and O–H groups in total. The van der Waals surface area contributed by atoms with Gasteiger partial charge in [-0.1, -0.05) is 37.3 Å². The van der Waals surface area contributed by atoms with Gasteiger partial charge < -0.3 is 9.47 Å². The number of amides is 1. The summed E-state index contributed by atoms with van der Waals surface area (Å²) in [6.45, 7) is 2.50. The molecule has 0 saturated heterocycles. The third-order valence-electron chi connectivity index (χ3n) is 4.22. The summed E-state index contributed by atoms with van der Waals surface area (Å²) in [5.74, 6) is 0.292. The fraction of sp³-hybridized carbons (Fsp3) is 0.190. The zero-order valence-corrected chi connectivity index (χ0v) is 17.0. The maximum absolute atomic E-state index is 12.5. The Labute approximate surface area is 169 Å². The Morgan fingerprint density at radius 2 is 1.72 bits per heavy atom. The predicted molar refractivity (Wildman–Crippen MR) is 111 cm³/mol. The van der Waals surface area contributed by atoms with Crippen LogP contribution in [0.25, 0.3) is 10.8 Å². The van der Waals surface area contributed by atoms with E-state index in [4.69, 9.17) is 9.47 Å². The van der Waals surface area contributed by atoms with E-state index in [1.165, 1.54) is 25.3 Å². The van der Waals surface area contributed by atoms with Gasteiger partial charge in [0.1, 0.15) is 0 Å². The molecule has 0 fully saturated rings. The molecule has 1 amide bonds. The van der Waals surface area contributed by atoms with Crippen LogP contribution in [0.3, 0.4) is 0 Å². The van der Waals surface area contributed by atoms with Crippen LogP contribution in [0.2, 0.25) is 0 Å². The Kier molecular flexibility index (Phi) is 6.36. The van der Waals surface area contributed by atoms with Crippen molar-refractivity contribution in [3.05, 3.63) is 66.2 Å². The van der Waals surface area contributed by atoms with Crippen LogP contribution in [0.4, 0.5) is 0 Å². The first kappa shape index (κ1) is 20.6. The van der Waals surface area contributed by atoms with Crippen molar-refractivity contribution in [3.63, 3.8) is 0 Å². The van der Waals surface area contributed by atoms with Crippen molar-refractivity contribution in [3.8, 4) is 11.5 Å². The normalized spacial score (nSPS) is 11.2. The first-order valence-electron chi connectivity index (χ1n) is 9.06. The van der Waals surface area contributed by atoms with E-state index in [1.54, 1.807) is 18.2 Å². The summed E-state index contributed by atoms with van der Waals surface area (Å²) in [7, 11) is -2.46. The molecule has 0 aliphatic heterocycles. The number of ether oxygens (including phenoxy) is 2. The molecule has 3 aromatic rings. The smallest absolute Gasteiger partial charge is 0.266 e. The van der Waals surface area contributed by atoms with Crippen LogP contribution in [0.5, 0.6) is 11.5 Å². The van der Waals surface area contributed by atoms with E-state index in [1.807, 2.05) is 31.2 Å². The number of carbonyl (C=O) groups is 1. The lowest BCUT2D eigenvalue weighted by atomic mass is 10.1.